The van der Waals surface area contributed by atoms with Crippen LogP contribution in [0.25, 0.3) is 4.85 Å². The molecule has 0 aromatic heterocycles. The summed E-state index contributed by atoms with van der Waals surface area (Å²) in [6.07, 6.45) is 6.46. The van der Waals surface area contributed by atoms with Gasteiger partial charge in [-0.1, -0.05) is 0 Å². The number of likely N-dealkylation sites (tertiary alicyclic amines) is 1. The average molecular weight is 356 g/mol. The average Bonchev–Trinajstić information content (AvgIpc) is 3.22. The van der Waals surface area contributed by atoms with Gasteiger partial charge >= 0.3 is 6.17 Å². The van der Waals surface area contributed by atoms with Crippen molar-refractivity contribution in [3.05, 3.63) is 11.4 Å². The van der Waals surface area contributed by atoms with Crippen molar-refractivity contribution in [2.24, 2.45) is 23.2 Å². The summed E-state index contributed by atoms with van der Waals surface area (Å²) >= 11 is 0. The third-order valence-corrected chi connectivity index (χ3v) is 7.71. The van der Waals surface area contributed by atoms with E-state index in [9.17, 15) is 9.59 Å². The standard InChI is InChI=1S/C19H24BFN3O2/c1-22-15-4-13-3-14(13)24(15)17(26)16(23-20-10-25)18-5-11-2-12(6-18)8-19(21,7-11)9-18/h10-16,23H,2-9H2/t11?,12?,13-,14?,15-,16+,18?,19?/m0/s1. The Hall–Kier alpha value is -1.42. The van der Waals surface area contributed by atoms with Crippen LogP contribution in [0.1, 0.15) is 51.4 Å². The first kappa shape index (κ1) is 16.7. The number of carbonyl (C=O) groups is 2. The molecule has 7 heteroatoms. The first-order valence-electron chi connectivity index (χ1n) is 9.88. The number of carbonyl (C=O) groups excluding carboxylic acids is 2. The van der Waals surface area contributed by atoms with Gasteiger partial charge in [0.25, 0.3) is 7.41 Å². The first-order chi connectivity index (χ1) is 12.5. The van der Waals surface area contributed by atoms with Gasteiger partial charge < -0.3 is 10.0 Å². The number of hydrogen-bond acceptors (Lipinski definition) is 3. The summed E-state index contributed by atoms with van der Waals surface area (Å²) in [4.78, 5) is 29.9. The molecule has 1 amide bonds. The lowest BCUT2D eigenvalue weighted by Crippen LogP contribution is -2.65. The van der Waals surface area contributed by atoms with Crippen LogP contribution in [-0.4, -0.2) is 48.3 Å². The van der Waals surface area contributed by atoms with Gasteiger partial charge in [-0.2, -0.15) is 0 Å². The molecule has 26 heavy (non-hydrogen) atoms. The van der Waals surface area contributed by atoms with Gasteiger partial charge in [-0.05, 0) is 68.1 Å². The lowest BCUT2D eigenvalue weighted by Gasteiger charge is -2.61. The van der Waals surface area contributed by atoms with Crippen LogP contribution in [0.15, 0.2) is 0 Å². The van der Waals surface area contributed by atoms with Crippen LogP contribution in [0.4, 0.5) is 4.39 Å². The van der Waals surface area contributed by atoms with E-state index in [1.54, 1.807) is 4.90 Å². The Morgan fingerprint density at radius 3 is 2.62 bits per heavy atom. The van der Waals surface area contributed by atoms with Gasteiger partial charge in [0.05, 0.1) is 12.2 Å². The molecule has 6 aliphatic rings. The van der Waals surface area contributed by atoms with Crippen molar-refractivity contribution >= 4 is 19.5 Å². The molecule has 4 bridgehead atoms. The van der Waals surface area contributed by atoms with Crippen molar-refractivity contribution in [2.75, 3.05) is 0 Å². The van der Waals surface area contributed by atoms with Crippen molar-refractivity contribution in [1.82, 2.24) is 10.1 Å². The van der Waals surface area contributed by atoms with Crippen LogP contribution in [0.5, 0.6) is 0 Å². The van der Waals surface area contributed by atoms with Gasteiger partial charge in [-0.3, -0.25) is 14.5 Å². The molecule has 0 aromatic rings. The van der Waals surface area contributed by atoms with Gasteiger partial charge in [0.1, 0.15) is 5.67 Å². The van der Waals surface area contributed by atoms with Crippen molar-refractivity contribution in [2.45, 2.75) is 75.3 Å². The maximum Gasteiger partial charge on any atom is 0.301 e. The smallest absolute Gasteiger partial charge is 0.301 e. The molecule has 5 aliphatic carbocycles. The molecule has 1 N–H and O–H groups in total. The van der Waals surface area contributed by atoms with Gasteiger partial charge in [0.15, 0.2) is 0 Å². The molecule has 6 fully saturated rings. The highest BCUT2D eigenvalue weighted by Gasteiger charge is 2.64. The molecule has 3 unspecified atom stereocenters. The third kappa shape index (κ3) is 2.37. The van der Waals surface area contributed by atoms with Gasteiger partial charge in [0.2, 0.25) is 5.91 Å². The Morgan fingerprint density at radius 1 is 1.27 bits per heavy atom. The monoisotopic (exact) mass is 356 g/mol. The highest BCUT2D eigenvalue weighted by Crippen LogP contribution is 2.64. The molecule has 5 nitrogen and oxygen atoms in total. The maximum absolute atomic E-state index is 15.4. The fraction of sp³-hybridized carbons (Fsp3) is 0.842. The van der Waals surface area contributed by atoms with E-state index in [2.05, 4.69) is 10.1 Å². The summed E-state index contributed by atoms with van der Waals surface area (Å²) in [6.45, 7) is 7.45. The van der Waals surface area contributed by atoms with E-state index in [-0.39, 0.29) is 18.1 Å². The Balaban J connectivity index is 1.47. The minimum Gasteiger partial charge on any atom is -0.343 e. The SMILES string of the molecule is [C-]#[N+][C@@H]1C[C@@H]2CC2N1C(=O)[C@@H](N[B]C=O)C12CC3CC(CC(F)(C3)C1)C2. The van der Waals surface area contributed by atoms with E-state index in [0.29, 0.717) is 43.2 Å². The summed E-state index contributed by atoms with van der Waals surface area (Å²) in [5.41, 5.74) is -1.58. The van der Waals surface area contributed by atoms with Gasteiger partial charge in [-0.25, -0.2) is 11.0 Å². The molecule has 6 atom stereocenters. The third-order valence-electron chi connectivity index (χ3n) is 7.71. The lowest BCUT2D eigenvalue weighted by atomic mass is 9.46. The lowest BCUT2D eigenvalue weighted by molar-refractivity contribution is -0.157. The zero-order valence-corrected chi connectivity index (χ0v) is 14.9. The molecule has 0 spiro atoms. The molecular weight excluding hydrogens is 332 g/mol. The number of rotatable bonds is 5. The minimum absolute atomic E-state index is 0.0837. The fourth-order valence-electron chi connectivity index (χ4n) is 7.21. The summed E-state index contributed by atoms with van der Waals surface area (Å²) in [6, 6.07) is -0.410. The summed E-state index contributed by atoms with van der Waals surface area (Å²) in [7, 11) is 1.29. The van der Waals surface area contributed by atoms with Crippen LogP contribution < -0.4 is 5.23 Å². The molecular formula is C19H24BFN3O2. The second kappa shape index (κ2) is 5.54. The van der Waals surface area contributed by atoms with Crippen molar-refractivity contribution in [3.8, 4) is 0 Å². The van der Waals surface area contributed by atoms with E-state index in [0.717, 1.165) is 32.1 Å². The number of alkyl halides is 1. The van der Waals surface area contributed by atoms with Gasteiger partial charge in [0, 0.05) is 12.5 Å². The topological polar surface area (TPSA) is 53.8 Å². The van der Waals surface area contributed by atoms with Crippen LogP contribution >= 0.6 is 0 Å². The summed E-state index contributed by atoms with van der Waals surface area (Å²) in [5, 5.41) is 3.05. The number of nitrogens with zero attached hydrogens (tertiary/aromatic N) is 2. The van der Waals surface area contributed by atoms with Crippen LogP contribution in [0.3, 0.4) is 0 Å². The predicted octanol–water partition coefficient (Wildman–Crippen LogP) is 1.93. The molecule has 1 radical (unpaired) electrons. The molecule has 1 saturated heterocycles. The largest absolute Gasteiger partial charge is 0.343 e. The zero-order chi connectivity index (χ0) is 18.1. The fourth-order valence-corrected chi connectivity index (χ4v) is 7.21. The Labute approximate surface area is 154 Å². The Bertz CT molecular complexity index is 681. The number of amides is 1. The Morgan fingerprint density at radius 2 is 2.00 bits per heavy atom. The molecule has 1 aliphatic heterocycles. The molecule has 6 rings (SSSR count). The van der Waals surface area contributed by atoms with Crippen molar-refractivity contribution < 1.29 is 14.0 Å². The zero-order valence-electron chi connectivity index (χ0n) is 14.9. The predicted molar refractivity (Wildman–Crippen MR) is 94.1 cm³/mol. The summed E-state index contributed by atoms with van der Waals surface area (Å²) < 4.78 is 15.4. The van der Waals surface area contributed by atoms with E-state index in [4.69, 9.17) is 6.57 Å². The van der Waals surface area contributed by atoms with Crippen LogP contribution in [0.2, 0.25) is 0 Å². The number of nitrogens with one attached hydrogen (secondary N) is 1. The van der Waals surface area contributed by atoms with E-state index in [1.807, 2.05) is 0 Å². The quantitative estimate of drug-likeness (QED) is 0.465. The highest BCUT2D eigenvalue weighted by molar-refractivity contribution is 6.64. The van der Waals surface area contributed by atoms with Crippen LogP contribution in [-0.2, 0) is 9.59 Å². The molecule has 1 heterocycles. The van der Waals surface area contributed by atoms with E-state index in [1.165, 1.54) is 7.41 Å². The minimum atomic E-state index is -1.15. The van der Waals surface area contributed by atoms with Gasteiger partial charge in [-0.15, -0.1) is 0 Å². The molecule has 0 aromatic carbocycles. The molecule has 5 saturated carbocycles. The van der Waals surface area contributed by atoms with Crippen molar-refractivity contribution in [3.63, 3.8) is 0 Å². The van der Waals surface area contributed by atoms with Crippen LogP contribution in [0, 0.1) is 29.7 Å². The second-order valence-corrected chi connectivity index (χ2v) is 9.53. The number of fused-ring (bicyclic) bond motifs is 1. The maximum atomic E-state index is 15.4. The summed E-state index contributed by atoms with van der Waals surface area (Å²) in [5.74, 6) is 1.06. The normalized spacial score (nSPS) is 48.6. The number of hydrogen-bond donors (Lipinski definition) is 1. The number of halogens is 1. The first-order valence-corrected chi connectivity index (χ1v) is 9.88. The molecule has 137 valence electrons. The number of piperidine rings is 1. The van der Waals surface area contributed by atoms with Crippen molar-refractivity contribution in [1.29, 1.82) is 0 Å². The highest BCUT2D eigenvalue weighted by atomic mass is 19.1. The van der Waals surface area contributed by atoms with E-state index >= 15 is 4.39 Å². The second-order valence-electron chi connectivity index (χ2n) is 9.53. The Kier molecular flexibility index (Phi) is 3.57. The van der Waals surface area contributed by atoms with E-state index < -0.39 is 17.1 Å².